The molecule has 1 aromatic rings. The van der Waals surface area contributed by atoms with E-state index < -0.39 is 6.04 Å². The summed E-state index contributed by atoms with van der Waals surface area (Å²) >= 11 is 0. The van der Waals surface area contributed by atoms with Gasteiger partial charge in [-0.15, -0.1) is 0 Å². The minimum atomic E-state index is -0.587. The van der Waals surface area contributed by atoms with Crippen LogP contribution >= 0.6 is 0 Å². The number of nitrogens with two attached hydrogens (primary N) is 1. The summed E-state index contributed by atoms with van der Waals surface area (Å²) in [6.45, 7) is 2.32. The van der Waals surface area contributed by atoms with Crippen LogP contribution in [0.2, 0.25) is 0 Å². The van der Waals surface area contributed by atoms with Gasteiger partial charge < -0.3 is 25.4 Å². The summed E-state index contributed by atoms with van der Waals surface area (Å²) in [5, 5.41) is 2.73. The quantitative estimate of drug-likeness (QED) is 0.779. The maximum atomic E-state index is 12.8. The maximum Gasteiger partial charge on any atom is 0.249 e. The summed E-state index contributed by atoms with van der Waals surface area (Å²) in [5.74, 6) is 0.152. The molecule has 1 heterocycles. The number of rotatable bonds is 5. The van der Waals surface area contributed by atoms with Crippen LogP contribution in [-0.2, 0) is 20.7 Å². The molecule has 0 spiro atoms. The third kappa shape index (κ3) is 3.39. The zero-order chi connectivity index (χ0) is 17.0. The fraction of sp³-hybridized carbons (Fsp3) is 0.500. The van der Waals surface area contributed by atoms with Crippen molar-refractivity contribution in [3.8, 4) is 5.75 Å². The van der Waals surface area contributed by atoms with Crippen LogP contribution < -0.4 is 20.7 Å². The number of anilines is 2. The third-order valence-electron chi connectivity index (χ3n) is 3.94. The Morgan fingerprint density at radius 1 is 1.43 bits per heavy atom. The van der Waals surface area contributed by atoms with Crippen molar-refractivity contribution in [2.24, 2.45) is 0 Å². The summed E-state index contributed by atoms with van der Waals surface area (Å²) in [7, 11) is 3.00. The molecule has 0 aromatic heterocycles. The van der Waals surface area contributed by atoms with E-state index in [0.717, 1.165) is 11.3 Å². The van der Waals surface area contributed by atoms with Gasteiger partial charge in [0.05, 0.1) is 18.5 Å². The Morgan fingerprint density at radius 3 is 2.78 bits per heavy atom. The molecule has 7 nitrogen and oxygen atoms in total. The van der Waals surface area contributed by atoms with E-state index in [9.17, 15) is 9.59 Å². The number of carbonyl (C=O) groups excluding carboxylic acids is 2. The van der Waals surface area contributed by atoms with Crippen molar-refractivity contribution in [1.82, 2.24) is 5.32 Å². The number of fused-ring (bicyclic) bond motifs is 1. The Bertz CT molecular complexity index is 603. The van der Waals surface area contributed by atoms with Gasteiger partial charge in [-0.25, -0.2) is 0 Å². The number of likely N-dealkylation sites (N-methyl/N-ethyl adjacent to an activating group) is 1. The summed E-state index contributed by atoms with van der Waals surface area (Å²) < 4.78 is 10.2. The normalized spacial score (nSPS) is 17.4. The number of benzene rings is 1. The van der Waals surface area contributed by atoms with E-state index in [1.807, 2.05) is 13.0 Å². The van der Waals surface area contributed by atoms with Gasteiger partial charge >= 0.3 is 0 Å². The predicted molar refractivity (Wildman–Crippen MR) is 87.6 cm³/mol. The van der Waals surface area contributed by atoms with Crippen LogP contribution in [0.15, 0.2) is 12.1 Å². The van der Waals surface area contributed by atoms with Gasteiger partial charge in [-0.05, 0) is 31.9 Å². The van der Waals surface area contributed by atoms with Crippen LogP contribution in [0.1, 0.15) is 18.9 Å². The van der Waals surface area contributed by atoms with Crippen LogP contribution in [0, 0.1) is 0 Å². The average Bonchev–Trinajstić information content (AvgIpc) is 2.65. The lowest BCUT2D eigenvalue weighted by atomic mass is 10.0. The molecule has 0 aliphatic carbocycles. The number of nitrogens with one attached hydrogen (secondary N) is 1. The molecule has 0 saturated heterocycles. The van der Waals surface area contributed by atoms with Crippen LogP contribution in [0.25, 0.3) is 0 Å². The van der Waals surface area contributed by atoms with Gasteiger partial charge in [0.15, 0.2) is 0 Å². The SMILES string of the molecule is CCN1C(=O)C(NC(=O)COC)CCc2c1ccc(N)c2OC. The first-order chi connectivity index (χ1) is 11.0. The number of hydrogen-bond acceptors (Lipinski definition) is 5. The largest absolute Gasteiger partial charge is 0.494 e. The van der Waals surface area contributed by atoms with Crippen molar-refractivity contribution >= 4 is 23.2 Å². The first-order valence-corrected chi connectivity index (χ1v) is 7.58. The van der Waals surface area contributed by atoms with Crippen LogP contribution in [0.5, 0.6) is 5.75 Å². The smallest absolute Gasteiger partial charge is 0.249 e. The zero-order valence-corrected chi connectivity index (χ0v) is 13.7. The second-order valence-corrected chi connectivity index (χ2v) is 5.36. The molecule has 0 radical (unpaired) electrons. The van der Waals surface area contributed by atoms with E-state index in [0.29, 0.717) is 30.8 Å². The molecule has 1 aromatic carbocycles. The number of ether oxygens (including phenoxy) is 2. The highest BCUT2D eigenvalue weighted by Gasteiger charge is 2.32. The van der Waals surface area contributed by atoms with E-state index in [1.54, 1.807) is 18.1 Å². The molecule has 1 aliphatic rings. The Kier molecular flexibility index (Phi) is 5.44. The second kappa shape index (κ2) is 7.32. The monoisotopic (exact) mass is 321 g/mol. The van der Waals surface area contributed by atoms with Crippen LogP contribution in [-0.4, -0.2) is 45.2 Å². The highest BCUT2D eigenvalue weighted by atomic mass is 16.5. The summed E-state index contributed by atoms with van der Waals surface area (Å²) in [5.41, 5.74) is 8.19. The molecule has 1 aliphatic heterocycles. The molecule has 7 heteroatoms. The highest BCUT2D eigenvalue weighted by molar-refractivity contribution is 6.01. The molecular formula is C16H23N3O4. The number of nitrogens with zero attached hydrogens (tertiary/aromatic N) is 1. The average molecular weight is 321 g/mol. The van der Waals surface area contributed by atoms with Crippen molar-refractivity contribution in [1.29, 1.82) is 0 Å². The maximum absolute atomic E-state index is 12.8. The molecule has 23 heavy (non-hydrogen) atoms. The van der Waals surface area contributed by atoms with Gasteiger partial charge in [-0.1, -0.05) is 0 Å². The number of methoxy groups -OCH3 is 2. The van der Waals surface area contributed by atoms with Crippen molar-refractivity contribution < 1.29 is 19.1 Å². The van der Waals surface area contributed by atoms with Crippen LogP contribution in [0.4, 0.5) is 11.4 Å². The number of carbonyl (C=O) groups is 2. The molecule has 0 fully saturated rings. The molecule has 1 atom stereocenters. The lowest BCUT2D eigenvalue weighted by Gasteiger charge is -2.25. The standard InChI is InChI=1S/C16H23N3O4/c1-4-19-13-8-6-11(17)15(23-3)10(13)5-7-12(16(19)21)18-14(20)9-22-2/h6,8,12H,4-5,7,9,17H2,1-3H3,(H,18,20). The van der Waals surface area contributed by atoms with E-state index in [2.05, 4.69) is 5.32 Å². The van der Waals surface area contributed by atoms with Gasteiger partial charge in [0.2, 0.25) is 11.8 Å². The van der Waals surface area contributed by atoms with Crippen LogP contribution in [0.3, 0.4) is 0 Å². The van der Waals surface area contributed by atoms with Gasteiger partial charge in [0, 0.05) is 19.2 Å². The van der Waals surface area contributed by atoms with Gasteiger partial charge in [0.1, 0.15) is 18.4 Å². The molecule has 2 rings (SSSR count). The molecule has 126 valence electrons. The first kappa shape index (κ1) is 17.1. The summed E-state index contributed by atoms with van der Waals surface area (Å²) in [6.07, 6.45) is 1.07. The minimum absolute atomic E-state index is 0.0703. The Morgan fingerprint density at radius 2 is 2.17 bits per heavy atom. The Hall–Kier alpha value is -2.28. The fourth-order valence-electron chi connectivity index (χ4n) is 2.92. The summed E-state index contributed by atoms with van der Waals surface area (Å²) in [4.78, 5) is 26.2. The van der Waals surface area contributed by atoms with E-state index in [4.69, 9.17) is 15.2 Å². The zero-order valence-electron chi connectivity index (χ0n) is 13.7. The number of nitrogen functional groups attached to an aromatic ring is 1. The van der Waals surface area contributed by atoms with E-state index in [-0.39, 0.29) is 18.4 Å². The van der Waals surface area contributed by atoms with Crippen molar-refractivity contribution in [2.45, 2.75) is 25.8 Å². The molecule has 2 amide bonds. The van der Waals surface area contributed by atoms with E-state index >= 15 is 0 Å². The van der Waals surface area contributed by atoms with Crippen molar-refractivity contribution in [2.75, 3.05) is 38.0 Å². The Labute approximate surface area is 135 Å². The number of hydrogen-bond donors (Lipinski definition) is 2. The molecule has 3 N–H and O–H groups in total. The summed E-state index contributed by atoms with van der Waals surface area (Å²) in [6, 6.07) is 2.97. The lowest BCUT2D eigenvalue weighted by Crippen LogP contribution is -2.48. The molecule has 0 bridgehead atoms. The second-order valence-electron chi connectivity index (χ2n) is 5.36. The van der Waals surface area contributed by atoms with Crippen molar-refractivity contribution in [3.63, 3.8) is 0 Å². The molecule has 1 unspecified atom stereocenters. The fourth-order valence-corrected chi connectivity index (χ4v) is 2.92. The predicted octanol–water partition coefficient (Wildman–Crippen LogP) is 0.708. The van der Waals surface area contributed by atoms with E-state index in [1.165, 1.54) is 7.11 Å². The molecular weight excluding hydrogens is 298 g/mol. The Balaban J connectivity index is 2.36. The topological polar surface area (TPSA) is 93.9 Å². The third-order valence-corrected chi connectivity index (χ3v) is 3.94. The first-order valence-electron chi connectivity index (χ1n) is 7.58. The number of amides is 2. The van der Waals surface area contributed by atoms with Crippen molar-refractivity contribution in [3.05, 3.63) is 17.7 Å². The minimum Gasteiger partial charge on any atom is -0.494 e. The van der Waals surface area contributed by atoms with Gasteiger partial charge in [0.25, 0.3) is 0 Å². The molecule has 0 saturated carbocycles. The lowest BCUT2D eigenvalue weighted by molar-refractivity contribution is -0.129. The van der Waals surface area contributed by atoms with Gasteiger partial charge in [-0.2, -0.15) is 0 Å². The highest BCUT2D eigenvalue weighted by Crippen LogP contribution is 2.37. The van der Waals surface area contributed by atoms with Gasteiger partial charge in [-0.3, -0.25) is 9.59 Å².